The second kappa shape index (κ2) is 1.32. The van der Waals surface area contributed by atoms with Gasteiger partial charge >= 0.3 is 146 Å². The van der Waals surface area contributed by atoms with E-state index in [9.17, 15) is 0 Å². The van der Waals surface area contributed by atoms with Gasteiger partial charge in [-0.05, 0) is 0 Å². The monoisotopic (exact) mass is 400 g/mol. The fourth-order valence-electron chi connectivity index (χ4n) is 21.3. The Balaban J connectivity index is 1.29. The third-order valence-corrected chi connectivity index (χ3v) is 66.5. The Labute approximate surface area is 145 Å². The molecule has 10 heterocycles. The SMILES string of the molecule is CC(C)(C)P(C[C]12[CH]3[CH]4[C]5(C(C)(C)C)[CH]1[Fe]34251678[CH]2[CH]1[CH]6[CH]7[CH]28)C(C)(C)C. The molecule has 10 saturated heterocycles. The molecule has 0 N–H and O–H groups in total. The molecule has 0 bridgehead atoms. The van der Waals surface area contributed by atoms with E-state index in [1.807, 2.05) is 0 Å². The van der Waals surface area contributed by atoms with E-state index >= 15 is 0 Å². The molecule has 0 aliphatic carbocycles. The van der Waals surface area contributed by atoms with E-state index < -0.39 is 6.51 Å². The predicted octanol–water partition coefficient (Wildman–Crippen LogP) is 8.24. The van der Waals surface area contributed by atoms with Crippen LogP contribution in [0.3, 0.4) is 0 Å². The van der Waals surface area contributed by atoms with Gasteiger partial charge in [0, 0.05) is 0 Å². The van der Waals surface area contributed by atoms with E-state index in [0.717, 1.165) is 8.63 Å². The number of rotatable bonds is 2. The summed E-state index contributed by atoms with van der Waals surface area (Å²) in [5.74, 6) is 0. The van der Waals surface area contributed by atoms with Gasteiger partial charge in [0.25, 0.3) is 0 Å². The van der Waals surface area contributed by atoms with Crippen LogP contribution in [0, 0.1) is 5.41 Å². The quantitative estimate of drug-likeness (QED) is 0.323. The molecule has 10 rings (SSSR count). The fraction of sp³-hybridized carbons (Fsp3) is 1.00. The van der Waals surface area contributed by atoms with Crippen molar-refractivity contribution in [3.63, 3.8) is 0 Å². The zero-order valence-electron chi connectivity index (χ0n) is 17.6. The van der Waals surface area contributed by atoms with Gasteiger partial charge in [-0.1, -0.05) is 0 Å². The first kappa shape index (κ1) is 13.2. The Morgan fingerprint density at radius 1 is 0.720 bits per heavy atom. The Bertz CT molecular complexity index is 1210. The first-order valence-electron chi connectivity index (χ1n) is 11.0. The maximum atomic E-state index is 2.71. The average Bonchev–Trinajstić information content (AvgIpc) is 3.34. The second-order valence-electron chi connectivity index (χ2n) is 17.1. The van der Waals surface area contributed by atoms with Gasteiger partial charge in [0.15, 0.2) is 0 Å². The number of hydrogen-bond acceptors (Lipinski definition) is 0. The first-order valence-corrected chi connectivity index (χ1v) is 18.7. The fourth-order valence-corrected chi connectivity index (χ4v) is 108. The van der Waals surface area contributed by atoms with E-state index in [1.165, 1.54) is 38.5 Å². The summed E-state index contributed by atoms with van der Waals surface area (Å²) in [6.07, 6.45) is 1.75. The molecule has 1 spiro atoms. The Hall–Kier alpha value is 0.949. The van der Waals surface area contributed by atoms with E-state index in [-0.39, 0.29) is 7.92 Å². The molecule has 25 heavy (non-hydrogen) atoms. The molecule has 5 unspecified atom stereocenters. The van der Waals surface area contributed by atoms with Crippen molar-refractivity contribution in [1.82, 2.24) is 0 Å². The Morgan fingerprint density at radius 3 is 1.40 bits per heavy atom. The predicted molar refractivity (Wildman–Crippen MR) is 106 cm³/mol. The summed E-state index contributed by atoms with van der Waals surface area (Å²) in [4.78, 5) is 11.6. The van der Waals surface area contributed by atoms with Crippen LogP contribution in [0.4, 0.5) is 0 Å². The van der Waals surface area contributed by atoms with Crippen molar-refractivity contribution in [1.29, 1.82) is 0 Å². The molecule has 10 aliphatic heterocycles. The minimum absolute atomic E-state index is 0.128. The average molecular weight is 400 g/mol. The van der Waals surface area contributed by atoms with Crippen LogP contribution in [0.5, 0.6) is 0 Å². The molecule has 142 valence electrons. The molecule has 0 radical (unpaired) electrons. The number of hydrogen-bond donors (Lipinski definition) is 0. The topological polar surface area (TPSA) is 0 Å². The summed E-state index contributed by atoms with van der Waals surface area (Å²) < 4.78 is 2.12. The van der Waals surface area contributed by atoms with Gasteiger partial charge < -0.3 is 0 Å². The minimum atomic E-state index is -3.21. The van der Waals surface area contributed by atoms with Crippen LogP contribution in [-0.2, 0) is 6.51 Å². The maximum absolute atomic E-state index is 3.21. The van der Waals surface area contributed by atoms with Crippen LogP contribution >= 0.6 is 7.92 Å². The molecule has 10 aliphatic rings. The van der Waals surface area contributed by atoms with Crippen molar-refractivity contribution >= 4 is 7.92 Å². The zero-order chi connectivity index (χ0) is 17.7. The second-order valence-corrected chi connectivity index (χ2v) is 44.3. The van der Waals surface area contributed by atoms with Crippen molar-refractivity contribution in [2.24, 2.45) is 5.41 Å². The van der Waals surface area contributed by atoms with E-state index in [1.54, 1.807) is 6.16 Å². The van der Waals surface area contributed by atoms with Crippen LogP contribution in [0.15, 0.2) is 0 Å². The van der Waals surface area contributed by atoms with Crippen molar-refractivity contribution in [2.75, 3.05) is 6.16 Å². The zero-order valence-corrected chi connectivity index (χ0v) is 19.6. The van der Waals surface area contributed by atoms with Crippen molar-refractivity contribution in [2.45, 2.75) is 120 Å². The Morgan fingerprint density at radius 2 is 1.16 bits per heavy atom. The molecule has 0 nitrogen and oxygen atoms in total. The summed E-state index contributed by atoms with van der Waals surface area (Å²) in [7, 11) is 0.128. The molecule has 0 aromatic carbocycles. The van der Waals surface area contributed by atoms with Gasteiger partial charge in [-0.15, -0.1) is 0 Å². The summed E-state index contributed by atoms with van der Waals surface area (Å²) >= 11 is 0. The molecule has 10 fully saturated rings. The third-order valence-electron chi connectivity index (χ3n) is 18.2. The molecule has 0 aromatic rings. The van der Waals surface area contributed by atoms with Gasteiger partial charge in [0.2, 0.25) is 0 Å². The van der Waals surface area contributed by atoms with E-state index in [4.69, 9.17) is 0 Å². The van der Waals surface area contributed by atoms with Gasteiger partial charge in [-0.25, -0.2) is 0 Å². The normalized spacial score (nSPS) is 90.3. The van der Waals surface area contributed by atoms with E-state index in [0.29, 0.717) is 15.7 Å². The van der Waals surface area contributed by atoms with Crippen LogP contribution in [0.25, 0.3) is 0 Å². The van der Waals surface area contributed by atoms with Crippen molar-refractivity contribution < 1.29 is 6.51 Å². The van der Waals surface area contributed by atoms with Crippen molar-refractivity contribution in [3.05, 3.63) is 0 Å². The van der Waals surface area contributed by atoms with Crippen LogP contribution in [0.2, 0.25) is 47.2 Å². The van der Waals surface area contributed by atoms with Gasteiger partial charge in [0.1, 0.15) is 0 Å². The number of fused-ring (bicyclic) bond motifs is 10. The molecule has 0 amide bonds. The van der Waals surface area contributed by atoms with Crippen LogP contribution in [-0.4, -0.2) is 16.5 Å². The molecular weight excluding hydrogens is 363 g/mol. The van der Waals surface area contributed by atoms with Crippen LogP contribution < -0.4 is 0 Å². The molecular formula is C23H37FeP. The van der Waals surface area contributed by atoms with E-state index in [2.05, 4.69) is 62.3 Å². The third kappa shape index (κ3) is 0.205. The molecule has 5 atom stereocenters. The van der Waals surface area contributed by atoms with Crippen molar-refractivity contribution in [3.8, 4) is 0 Å². The molecule has 2 heteroatoms. The Kier molecular flexibility index (Phi) is 0.701. The van der Waals surface area contributed by atoms with Gasteiger partial charge in [-0.2, -0.15) is 0 Å². The molecule has 0 aromatic heterocycles. The summed E-state index contributed by atoms with van der Waals surface area (Å²) in [5.41, 5.74) is 0.668. The molecule has 0 saturated carbocycles. The standard InChI is InChI=1S/C18H32P.C5H5.Fe/c1-16(2,3)15-11-10-14(12-15)13-19(17(4,5)6)18(7,8)9;1-2-4-5-3-1;/h10-12H,13H2,1-9H3;1-5H;. The van der Waals surface area contributed by atoms with Gasteiger partial charge in [0.05, 0.1) is 0 Å². The van der Waals surface area contributed by atoms with Gasteiger partial charge in [-0.3, -0.25) is 0 Å². The van der Waals surface area contributed by atoms with Crippen LogP contribution in [0.1, 0.15) is 62.3 Å². The summed E-state index contributed by atoms with van der Waals surface area (Å²) in [6.45, 7) is 20.5. The summed E-state index contributed by atoms with van der Waals surface area (Å²) in [6, 6.07) is 0. The first-order chi connectivity index (χ1) is 11.0. The summed E-state index contributed by atoms with van der Waals surface area (Å²) in [5, 5.41) is 1.09.